The first-order chi connectivity index (χ1) is 19.0. The Morgan fingerprint density at radius 3 is 2.48 bits per heavy atom. The summed E-state index contributed by atoms with van der Waals surface area (Å²) in [6.45, 7) is 6.59. The summed E-state index contributed by atoms with van der Waals surface area (Å²) < 4.78 is 6.75. The molecule has 0 radical (unpaired) electrons. The summed E-state index contributed by atoms with van der Waals surface area (Å²) >= 11 is 0. The summed E-state index contributed by atoms with van der Waals surface area (Å²) in [6.07, 6.45) is 0.942. The fourth-order valence-electron chi connectivity index (χ4n) is 5.34. The number of hydrogen-bond donors (Lipinski definition) is 2. The fraction of sp³-hybridized carbons (Fsp3) is 0.519. The van der Waals surface area contributed by atoms with Gasteiger partial charge in [0.1, 0.15) is 18.2 Å². The molecule has 4 amide bonds. The van der Waals surface area contributed by atoms with Crippen LogP contribution in [0.1, 0.15) is 67.3 Å². The number of likely N-dealkylation sites (tertiary alicyclic amines) is 1. The number of nitrogens with one attached hydrogen (secondary N) is 1. The first kappa shape index (κ1) is 27.4. The number of amides is 4. The van der Waals surface area contributed by atoms with Gasteiger partial charge in [0.2, 0.25) is 5.91 Å². The molecule has 5 rings (SSSR count). The van der Waals surface area contributed by atoms with Gasteiger partial charge in [0.05, 0.1) is 18.3 Å². The highest BCUT2D eigenvalue weighted by Gasteiger charge is 2.50. The Balaban J connectivity index is 1.33. The van der Waals surface area contributed by atoms with E-state index in [0.29, 0.717) is 37.2 Å². The number of nitrogens with zero attached hydrogens (tertiary/aromatic N) is 5. The van der Waals surface area contributed by atoms with Gasteiger partial charge in [0.25, 0.3) is 0 Å². The molecule has 4 heterocycles. The molecule has 13 heteroatoms. The van der Waals surface area contributed by atoms with Crippen molar-refractivity contribution >= 4 is 24.1 Å². The Kier molecular flexibility index (Phi) is 7.41. The van der Waals surface area contributed by atoms with E-state index in [2.05, 4.69) is 10.4 Å². The van der Waals surface area contributed by atoms with Crippen molar-refractivity contribution in [2.45, 2.75) is 57.9 Å². The SMILES string of the molecule is CC(C)(C)OC(=O)N1CCC(C(=O)n2cc3c(n2)C(CNC(=O)O)N2CC3N(OCc3ccccc3)C2=O)CC1. The molecule has 0 spiro atoms. The predicted octanol–water partition coefficient (Wildman–Crippen LogP) is 3.40. The second-order valence-corrected chi connectivity index (χ2v) is 11.2. The number of hydrogen-bond acceptors (Lipinski definition) is 7. The lowest BCUT2D eigenvalue weighted by Crippen LogP contribution is -2.43. The second kappa shape index (κ2) is 10.8. The number of carbonyl (C=O) groups is 4. The van der Waals surface area contributed by atoms with Gasteiger partial charge in [-0.3, -0.25) is 9.63 Å². The van der Waals surface area contributed by atoms with E-state index in [0.717, 1.165) is 5.56 Å². The zero-order valence-electron chi connectivity index (χ0n) is 22.8. The lowest BCUT2D eigenvalue weighted by Gasteiger charge is -2.32. The van der Waals surface area contributed by atoms with E-state index in [9.17, 15) is 24.3 Å². The molecule has 2 fully saturated rings. The van der Waals surface area contributed by atoms with E-state index < -0.39 is 29.9 Å². The maximum atomic E-state index is 13.5. The van der Waals surface area contributed by atoms with Crippen molar-refractivity contribution in [3.63, 3.8) is 0 Å². The second-order valence-electron chi connectivity index (χ2n) is 11.2. The number of carbonyl (C=O) groups excluding carboxylic acids is 3. The topological polar surface area (TPSA) is 147 Å². The monoisotopic (exact) mass is 554 g/mol. The van der Waals surface area contributed by atoms with E-state index in [1.54, 1.807) is 11.1 Å². The summed E-state index contributed by atoms with van der Waals surface area (Å²) in [5.74, 6) is -0.558. The van der Waals surface area contributed by atoms with Crippen LogP contribution in [0.15, 0.2) is 36.5 Å². The Bertz CT molecular complexity index is 1280. The highest BCUT2D eigenvalue weighted by atomic mass is 16.7. The van der Waals surface area contributed by atoms with Crippen LogP contribution in [0.2, 0.25) is 0 Å². The minimum atomic E-state index is -1.22. The zero-order chi connectivity index (χ0) is 28.6. The largest absolute Gasteiger partial charge is 0.465 e. The molecule has 0 aliphatic carbocycles. The van der Waals surface area contributed by atoms with Gasteiger partial charge < -0.3 is 25.0 Å². The number of hydroxylamine groups is 2. The minimum Gasteiger partial charge on any atom is -0.465 e. The van der Waals surface area contributed by atoms with Crippen LogP contribution in [0.25, 0.3) is 0 Å². The van der Waals surface area contributed by atoms with E-state index >= 15 is 0 Å². The minimum absolute atomic E-state index is 0.0766. The molecule has 214 valence electrons. The Morgan fingerprint density at radius 2 is 1.82 bits per heavy atom. The highest BCUT2D eigenvalue weighted by Crippen LogP contribution is 2.43. The van der Waals surface area contributed by atoms with Gasteiger partial charge in [-0.1, -0.05) is 30.3 Å². The smallest absolute Gasteiger partial charge is 0.410 e. The molecule has 2 N–H and O–H groups in total. The average molecular weight is 555 g/mol. The predicted molar refractivity (Wildman–Crippen MR) is 140 cm³/mol. The molecule has 2 atom stereocenters. The quantitative estimate of drug-likeness (QED) is 0.552. The van der Waals surface area contributed by atoms with Crippen LogP contribution in [0, 0.1) is 5.92 Å². The number of rotatable bonds is 6. The van der Waals surface area contributed by atoms with Gasteiger partial charge in [-0.2, -0.15) is 10.2 Å². The van der Waals surface area contributed by atoms with Gasteiger partial charge in [-0.05, 0) is 39.2 Å². The van der Waals surface area contributed by atoms with Crippen LogP contribution in [-0.2, 0) is 16.2 Å². The molecule has 0 saturated carbocycles. The third kappa shape index (κ3) is 5.60. The lowest BCUT2D eigenvalue weighted by molar-refractivity contribution is -0.141. The van der Waals surface area contributed by atoms with Crippen molar-refractivity contribution in [1.82, 2.24) is 30.0 Å². The number of ether oxygens (including phenoxy) is 1. The molecule has 1 aromatic heterocycles. The molecule has 1 aromatic carbocycles. The normalized spacial score (nSPS) is 20.9. The maximum Gasteiger partial charge on any atom is 0.410 e. The average Bonchev–Trinajstić information content (AvgIpc) is 3.48. The zero-order valence-corrected chi connectivity index (χ0v) is 22.8. The van der Waals surface area contributed by atoms with Crippen LogP contribution in [0.5, 0.6) is 0 Å². The summed E-state index contributed by atoms with van der Waals surface area (Å²) in [5.41, 5.74) is 1.40. The third-order valence-electron chi connectivity index (χ3n) is 7.29. The van der Waals surface area contributed by atoms with Crippen molar-refractivity contribution in [3.8, 4) is 0 Å². The van der Waals surface area contributed by atoms with Gasteiger partial charge in [0, 0.05) is 37.3 Å². The number of urea groups is 1. The van der Waals surface area contributed by atoms with Crippen LogP contribution in [0.3, 0.4) is 0 Å². The Morgan fingerprint density at radius 1 is 1.12 bits per heavy atom. The van der Waals surface area contributed by atoms with Crippen LogP contribution >= 0.6 is 0 Å². The summed E-state index contributed by atoms with van der Waals surface area (Å²) in [6, 6.07) is 7.86. The van der Waals surface area contributed by atoms with Crippen molar-refractivity contribution in [1.29, 1.82) is 0 Å². The molecule has 2 unspecified atom stereocenters. The van der Waals surface area contributed by atoms with Crippen LogP contribution in [0.4, 0.5) is 14.4 Å². The first-order valence-electron chi connectivity index (χ1n) is 13.4. The van der Waals surface area contributed by atoms with Crippen molar-refractivity contribution in [3.05, 3.63) is 53.3 Å². The van der Waals surface area contributed by atoms with E-state index in [1.807, 2.05) is 51.1 Å². The molecule has 13 nitrogen and oxygen atoms in total. The standard InChI is InChI=1S/C27H34N6O7/c1-27(2,3)40-26(38)30-11-9-18(10-12-30)23(34)32-14-19-21-15-31(20(22(19)29-32)13-28-24(35)36)25(37)33(21)39-16-17-7-5-4-6-8-17/h4-8,14,18,20-21,28H,9-13,15-16H2,1-3H3,(H,35,36). The van der Waals surface area contributed by atoms with Gasteiger partial charge in [0.15, 0.2) is 0 Å². The first-order valence-corrected chi connectivity index (χ1v) is 13.4. The highest BCUT2D eigenvalue weighted by molar-refractivity contribution is 5.82. The van der Waals surface area contributed by atoms with Crippen molar-refractivity contribution in [2.75, 3.05) is 26.2 Å². The Hall–Kier alpha value is -4.13. The molecular formula is C27H34N6O7. The molecule has 3 aliphatic rings. The van der Waals surface area contributed by atoms with Gasteiger partial charge in [-0.25, -0.2) is 19.1 Å². The van der Waals surface area contributed by atoms with E-state index in [-0.39, 0.29) is 37.6 Å². The van der Waals surface area contributed by atoms with Crippen molar-refractivity contribution in [2.24, 2.45) is 5.92 Å². The Labute approximate surface area is 231 Å². The summed E-state index contributed by atoms with van der Waals surface area (Å²) in [5, 5.41) is 17.4. The third-order valence-corrected chi connectivity index (χ3v) is 7.29. The summed E-state index contributed by atoms with van der Waals surface area (Å²) in [7, 11) is 0. The number of piperidine rings is 1. The number of benzene rings is 1. The molecule has 2 bridgehead atoms. The maximum absolute atomic E-state index is 13.5. The molecule has 2 saturated heterocycles. The fourth-order valence-corrected chi connectivity index (χ4v) is 5.34. The van der Waals surface area contributed by atoms with Crippen LogP contribution in [-0.4, -0.2) is 85.7 Å². The van der Waals surface area contributed by atoms with E-state index in [4.69, 9.17) is 9.57 Å². The number of carboxylic acid groups (broad SMARTS) is 1. The molecular weight excluding hydrogens is 520 g/mol. The van der Waals surface area contributed by atoms with E-state index in [1.165, 1.54) is 14.6 Å². The van der Waals surface area contributed by atoms with Crippen LogP contribution < -0.4 is 5.32 Å². The van der Waals surface area contributed by atoms with Crippen molar-refractivity contribution < 1.29 is 33.9 Å². The lowest BCUT2D eigenvalue weighted by atomic mass is 9.96. The van der Waals surface area contributed by atoms with Gasteiger partial charge >= 0.3 is 18.2 Å². The molecule has 3 aliphatic heterocycles. The number of fused-ring (bicyclic) bond motifs is 4. The molecule has 2 aromatic rings. The van der Waals surface area contributed by atoms with Gasteiger partial charge in [-0.15, -0.1) is 0 Å². The molecule has 40 heavy (non-hydrogen) atoms. The number of aromatic nitrogens is 2. The summed E-state index contributed by atoms with van der Waals surface area (Å²) in [4.78, 5) is 59.5.